The van der Waals surface area contributed by atoms with E-state index < -0.39 is 4.92 Å². The van der Waals surface area contributed by atoms with Crippen LogP contribution in [0.4, 0.5) is 5.69 Å². The molecule has 0 aliphatic carbocycles. The maximum atomic E-state index is 10.8. The summed E-state index contributed by atoms with van der Waals surface area (Å²) in [4.78, 5) is 20.8. The van der Waals surface area contributed by atoms with E-state index in [0.29, 0.717) is 30.7 Å². The van der Waals surface area contributed by atoms with E-state index in [1.54, 1.807) is 12.1 Å². The summed E-state index contributed by atoms with van der Waals surface area (Å²) in [5, 5.41) is 10.8. The highest BCUT2D eigenvalue weighted by Crippen LogP contribution is 2.19. The Balaban J connectivity index is 2.14. The fourth-order valence-corrected chi connectivity index (χ4v) is 2.72. The molecule has 0 N–H and O–H groups in total. The van der Waals surface area contributed by atoms with E-state index in [9.17, 15) is 14.9 Å². The molecule has 2 rings (SSSR count). The highest BCUT2D eigenvalue weighted by Gasteiger charge is 2.23. The highest BCUT2D eigenvalue weighted by atomic mass is 16.6. The van der Waals surface area contributed by atoms with Gasteiger partial charge < -0.3 is 9.22 Å². The molecule has 126 valence electrons. The number of ether oxygens (including phenoxy) is 1. The molecule has 0 saturated heterocycles. The van der Waals surface area contributed by atoms with Crippen LogP contribution < -0.4 is 0 Å². The third kappa shape index (κ3) is 5.17. The van der Waals surface area contributed by atoms with Crippen molar-refractivity contribution in [3.63, 3.8) is 0 Å². The summed E-state index contributed by atoms with van der Waals surface area (Å²) < 4.78 is 5.50. The van der Waals surface area contributed by atoms with Crippen LogP contribution in [-0.4, -0.2) is 36.1 Å². The topological polar surface area (TPSA) is 69.4 Å². The second kappa shape index (κ2) is 8.21. The predicted molar refractivity (Wildman–Crippen MR) is 90.0 cm³/mol. The minimum absolute atomic E-state index is 0.0836. The van der Waals surface area contributed by atoms with Crippen LogP contribution in [0.3, 0.4) is 0 Å². The number of nitrogens with zero attached hydrogens (tertiary/aromatic N) is 2. The number of quaternary nitrogens is 1. The van der Waals surface area contributed by atoms with E-state index in [0.717, 1.165) is 12.1 Å². The number of nitro benzene ring substituents is 1. The number of nitro groups is 1. The predicted octanol–water partition coefficient (Wildman–Crippen LogP) is 2.91. The number of hydrogen-bond acceptors (Lipinski definition) is 4. The van der Waals surface area contributed by atoms with Crippen LogP contribution >= 0.6 is 0 Å². The van der Waals surface area contributed by atoms with E-state index in [1.807, 2.05) is 18.2 Å². The van der Waals surface area contributed by atoms with Crippen LogP contribution in [0.25, 0.3) is 0 Å². The van der Waals surface area contributed by atoms with E-state index in [-0.39, 0.29) is 5.69 Å². The Morgan fingerprint density at radius 2 is 1.62 bits per heavy atom. The molecule has 0 amide bonds. The lowest BCUT2D eigenvalue weighted by atomic mass is 10.1. The molecule has 0 spiro atoms. The molecule has 0 heterocycles. The van der Waals surface area contributed by atoms with Gasteiger partial charge in [-0.15, -0.1) is 0 Å². The van der Waals surface area contributed by atoms with Crippen molar-refractivity contribution in [2.75, 3.05) is 20.2 Å². The molecule has 0 bridgehead atoms. The van der Waals surface area contributed by atoms with Gasteiger partial charge in [0.2, 0.25) is 0 Å². The molecular weight excluding hydrogens is 308 g/mol. The summed E-state index contributed by atoms with van der Waals surface area (Å²) in [6.07, 6.45) is 0. The summed E-state index contributed by atoms with van der Waals surface area (Å²) in [7, 11) is 2.09. The van der Waals surface area contributed by atoms with Crippen molar-refractivity contribution in [2.45, 2.75) is 13.1 Å². The van der Waals surface area contributed by atoms with Crippen LogP contribution in [0.1, 0.15) is 11.1 Å². The Morgan fingerprint density at radius 1 is 1.04 bits per heavy atom. The van der Waals surface area contributed by atoms with Gasteiger partial charge in [-0.2, -0.15) is 0 Å². The van der Waals surface area contributed by atoms with Crippen molar-refractivity contribution in [1.82, 2.24) is 0 Å². The average molecular weight is 329 g/mol. The van der Waals surface area contributed by atoms with E-state index >= 15 is 0 Å². The highest BCUT2D eigenvalue weighted by molar-refractivity contribution is 5.36. The Morgan fingerprint density at radius 3 is 2.17 bits per heavy atom. The average Bonchev–Trinajstić information content (AvgIpc) is 2.56. The summed E-state index contributed by atoms with van der Waals surface area (Å²) in [5.74, 6) is 0. The molecular formula is C18H21N2O4+. The number of likely N-dealkylation sites (N-methyl/N-ethyl adjacent to an activating group) is 1. The number of non-ortho nitro benzene ring substituents is 1. The Kier molecular flexibility index (Phi) is 6.03. The smallest absolute Gasteiger partial charge is 0.293 e. The summed E-state index contributed by atoms with van der Waals surface area (Å²) in [6, 6.07) is 16.7. The lowest BCUT2D eigenvalue weighted by Gasteiger charge is -2.34. The third-order valence-electron chi connectivity index (χ3n) is 3.94. The van der Waals surface area contributed by atoms with Gasteiger partial charge in [-0.1, -0.05) is 30.3 Å². The van der Waals surface area contributed by atoms with Crippen LogP contribution in [0.5, 0.6) is 0 Å². The van der Waals surface area contributed by atoms with Crippen molar-refractivity contribution >= 4 is 12.2 Å². The normalized spacial score (nSPS) is 13.0. The first-order chi connectivity index (χ1) is 11.5. The van der Waals surface area contributed by atoms with Gasteiger partial charge in [0.1, 0.15) is 26.2 Å². The largest absolute Gasteiger partial charge is 0.462 e. The molecule has 0 aromatic heterocycles. The summed E-state index contributed by atoms with van der Waals surface area (Å²) >= 11 is 0. The monoisotopic (exact) mass is 329 g/mol. The molecule has 0 fully saturated rings. The van der Waals surface area contributed by atoms with Crippen LogP contribution in [-0.2, 0) is 22.6 Å². The number of hydrogen-bond donors (Lipinski definition) is 0. The molecule has 0 saturated carbocycles. The molecule has 2 aromatic rings. The van der Waals surface area contributed by atoms with E-state index in [4.69, 9.17) is 4.74 Å². The van der Waals surface area contributed by atoms with Crippen molar-refractivity contribution in [1.29, 1.82) is 0 Å². The SMILES string of the molecule is C[N+](CCOC=O)(Cc1ccccc1)Cc1ccc([N+](=O)[O-])cc1. The Bertz CT molecular complexity index is 673. The summed E-state index contributed by atoms with van der Waals surface area (Å²) in [6.45, 7) is 2.92. The Labute approximate surface area is 141 Å². The first kappa shape index (κ1) is 17.6. The molecule has 0 aliphatic heterocycles. The van der Waals surface area contributed by atoms with Gasteiger partial charge in [0.05, 0.1) is 12.0 Å². The van der Waals surface area contributed by atoms with Crippen molar-refractivity contribution in [3.05, 3.63) is 75.8 Å². The summed E-state index contributed by atoms with van der Waals surface area (Å²) in [5.41, 5.74) is 2.28. The molecule has 0 radical (unpaired) electrons. The van der Waals surface area contributed by atoms with Gasteiger partial charge in [-0.05, 0) is 12.1 Å². The van der Waals surface area contributed by atoms with Crippen molar-refractivity contribution in [3.8, 4) is 0 Å². The fraction of sp³-hybridized carbons (Fsp3) is 0.278. The third-order valence-corrected chi connectivity index (χ3v) is 3.94. The quantitative estimate of drug-likeness (QED) is 0.233. The fourth-order valence-electron chi connectivity index (χ4n) is 2.72. The van der Waals surface area contributed by atoms with Gasteiger partial charge in [0, 0.05) is 23.3 Å². The van der Waals surface area contributed by atoms with Gasteiger partial charge in [-0.3, -0.25) is 14.9 Å². The second-order valence-corrected chi connectivity index (χ2v) is 6.04. The number of benzene rings is 2. The lowest BCUT2D eigenvalue weighted by molar-refractivity contribution is -0.935. The van der Waals surface area contributed by atoms with Gasteiger partial charge in [0.25, 0.3) is 12.2 Å². The standard InChI is InChI=1S/C18H21N2O4/c1-20(11-12-24-15-21,13-16-5-3-2-4-6-16)14-17-7-9-18(10-8-17)19(22)23/h2-10,15H,11-14H2,1H3/q+1. The van der Waals surface area contributed by atoms with Crippen LogP contribution in [0.15, 0.2) is 54.6 Å². The zero-order valence-corrected chi connectivity index (χ0v) is 13.6. The molecule has 24 heavy (non-hydrogen) atoms. The first-order valence-corrected chi connectivity index (χ1v) is 7.68. The van der Waals surface area contributed by atoms with E-state index in [1.165, 1.54) is 17.7 Å². The van der Waals surface area contributed by atoms with Crippen LogP contribution in [0, 0.1) is 10.1 Å². The molecule has 6 heteroatoms. The minimum atomic E-state index is -0.403. The maximum Gasteiger partial charge on any atom is 0.293 e. The molecule has 1 unspecified atom stereocenters. The minimum Gasteiger partial charge on any atom is -0.462 e. The lowest BCUT2D eigenvalue weighted by Crippen LogP contribution is -2.44. The van der Waals surface area contributed by atoms with Gasteiger partial charge in [0.15, 0.2) is 0 Å². The van der Waals surface area contributed by atoms with Gasteiger partial charge >= 0.3 is 0 Å². The number of carbonyl (C=O) groups is 1. The van der Waals surface area contributed by atoms with Gasteiger partial charge in [-0.25, -0.2) is 0 Å². The number of rotatable bonds is 9. The number of carbonyl (C=O) groups excluding carboxylic acids is 1. The van der Waals surface area contributed by atoms with E-state index in [2.05, 4.69) is 19.2 Å². The van der Waals surface area contributed by atoms with Crippen LogP contribution in [0.2, 0.25) is 0 Å². The molecule has 1 atom stereocenters. The maximum absolute atomic E-state index is 10.8. The zero-order chi connectivity index (χ0) is 17.4. The first-order valence-electron chi connectivity index (χ1n) is 7.68. The molecule has 2 aromatic carbocycles. The Hall–Kier alpha value is -2.73. The molecule has 6 nitrogen and oxygen atoms in total. The van der Waals surface area contributed by atoms with Crippen molar-refractivity contribution < 1.29 is 18.9 Å². The van der Waals surface area contributed by atoms with Crippen molar-refractivity contribution in [2.24, 2.45) is 0 Å². The second-order valence-electron chi connectivity index (χ2n) is 6.04. The molecule has 0 aliphatic rings. The zero-order valence-electron chi connectivity index (χ0n) is 13.6.